The van der Waals surface area contributed by atoms with E-state index in [1.54, 1.807) is 97.1 Å². The normalized spacial score (nSPS) is 11.0. The van der Waals surface area contributed by atoms with E-state index in [9.17, 15) is 35.1 Å². The van der Waals surface area contributed by atoms with Crippen molar-refractivity contribution in [1.29, 1.82) is 0 Å². The number of rotatable bonds is 30. The molecule has 8 aromatic carbocycles. The lowest BCUT2D eigenvalue weighted by atomic mass is 10.0. The summed E-state index contributed by atoms with van der Waals surface area (Å²) in [5.74, 6) is -0.967. The second-order valence-electron chi connectivity index (χ2n) is 19.6. The Morgan fingerprint density at radius 3 is 0.550 bits per heavy atom. The van der Waals surface area contributed by atoms with Crippen molar-refractivity contribution in [3.05, 3.63) is 216 Å². The molecule has 0 amide bonds. The van der Waals surface area contributed by atoms with Gasteiger partial charge in [-0.3, -0.25) is 0 Å². The average Bonchev–Trinajstić information content (AvgIpc) is 3.47. The Bertz CT molecular complexity index is 2890. The van der Waals surface area contributed by atoms with Gasteiger partial charge in [-0.15, -0.1) is 0 Å². The quantitative estimate of drug-likeness (QED) is 0.0332. The van der Waals surface area contributed by atoms with E-state index in [-0.39, 0.29) is 34.9 Å². The molecule has 0 aliphatic rings. The highest BCUT2D eigenvalue weighted by molar-refractivity contribution is 5.67. The zero-order chi connectivity index (χ0) is 56.3. The average molecular weight is 1100 g/mol. The number of hydrogen-bond donors (Lipinski definition) is 0. The highest BCUT2D eigenvalue weighted by Gasteiger charge is 2.12. The van der Waals surface area contributed by atoms with Crippen molar-refractivity contribution >= 4 is 0 Å². The number of hydrogen-bond acceptors (Lipinski definition) is 4. The van der Waals surface area contributed by atoms with Crippen molar-refractivity contribution in [2.45, 2.75) is 103 Å². The van der Waals surface area contributed by atoms with Gasteiger partial charge in [0.05, 0.1) is 26.4 Å². The monoisotopic (exact) mass is 1100 g/mol. The summed E-state index contributed by atoms with van der Waals surface area (Å²) < 4.78 is 133. The van der Waals surface area contributed by atoms with Gasteiger partial charge < -0.3 is 18.9 Å². The van der Waals surface area contributed by atoms with Crippen LogP contribution in [0.25, 0.3) is 44.5 Å². The molecule has 0 saturated carbocycles. The lowest BCUT2D eigenvalue weighted by Crippen LogP contribution is -1.99. The van der Waals surface area contributed by atoms with E-state index in [1.807, 2.05) is 0 Å². The molecule has 0 bridgehead atoms. The minimum Gasteiger partial charge on any atom is -0.493 e. The SMILES string of the molecule is Fc1ccc(-c2ccc(OCCCCCCCCCCCOc3ccc(-c4ccc(F)cc4)c(F)c3)cc2F)cc1.Fc1ccc(-c2ccc(OCCCCCCCCCOc3ccc(-c4ccc(F)cc4)c(F)c3)cc2F)cc1. The van der Waals surface area contributed by atoms with Crippen LogP contribution in [0.4, 0.5) is 35.1 Å². The van der Waals surface area contributed by atoms with Gasteiger partial charge in [0.1, 0.15) is 69.5 Å². The van der Waals surface area contributed by atoms with E-state index in [2.05, 4.69) is 0 Å². The summed E-state index contributed by atoms with van der Waals surface area (Å²) in [5.41, 5.74) is 4.19. The predicted octanol–water partition coefficient (Wildman–Crippen LogP) is 20.3. The first-order valence-electron chi connectivity index (χ1n) is 27.7. The van der Waals surface area contributed by atoms with Gasteiger partial charge in [-0.05, 0) is 145 Å². The minimum absolute atomic E-state index is 0.348. The summed E-state index contributed by atoms with van der Waals surface area (Å²) in [6.45, 7) is 2.15. The predicted molar refractivity (Wildman–Crippen MR) is 303 cm³/mol. The van der Waals surface area contributed by atoms with Gasteiger partial charge in [0.25, 0.3) is 0 Å². The van der Waals surface area contributed by atoms with Crippen LogP contribution in [0.5, 0.6) is 23.0 Å². The molecule has 0 saturated heterocycles. The number of unbranched alkanes of at least 4 members (excludes halogenated alkanes) is 14. The lowest BCUT2D eigenvalue weighted by Gasteiger charge is -2.09. The van der Waals surface area contributed by atoms with Crippen LogP contribution in [0.15, 0.2) is 170 Å². The molecule has 0 fully saturated rings. The fourth-order valence-corrected chi connectivity index (χ4v) is 9.09. The Labute approximate surface area is 465 Å². The van der Waals surface area contributed by atoms with Gasteiger partial charge in [-0.25, -0.2) is 35.1 Å². The fourth-order valence-electron chi connectivity index (χ4n) is 9.09. The molecule has 0 heterocycles. The van der Waals surface area contributed by atoms with Crippen LogP contribution in [-0.2, 0) is 0 Å². The Hall–Kier alpha value is -7.60. The number of halogens is 8. The second kappa shape index (κ2) is 32.5. The molecule has 80 heavy (non-hydrogen) atoms. The molecule has 0 aromatic heterocycles. The third-order valence-corrected chi connectivity index (χ3v) is 13.5. The first-order chi connectivity index (χ1) is 39.0. The van der Waals surface area contributed by atoms with Crippen LogP contribution in [0.1, 0.15) is 103 Å². The molecule has 0 aliphatic carbocycles. The van der Waals surface area contributed by atoms with Gasteiger partial charge in [-0.1, -0.05) is 126 Å². The third kappa shape index (κ3) is 19.9. The Balaban J connectivity index is 0.000000231. The minimum atomic E-state index is -0.393. The molecule has 8 rings (SSSR count). The molecule has 0 radical (unpaired) electrons. The summed E-state index contributed by atoms with van der Waals surface area (Å²) in [6.07, 6.45) is 17.0. The molecule has 0 N–H and O–H groups in total. The highest BCUT2D eigenvalue weighted by atomic mass is 19.2. The van der Waals surface area contributed by atoms with Crippen LogP contribution in [0.3, 0.4) is 0 Å². The Morgan fingerprint density at radius 2 is 0.375 bits per heavy atom. The molecule has 420 valence electrons. The Kier molecular flexibility index (Phi) is 24.4. The van der Waals surface area contributed by atoms with Crippen LogP contribution in [-0.4, -0.2) is 26.4 Å². The molecule has 0 spiro atoms. The zero-order valence-corrected chi connectivity index (χ0v) is 45.0. The Morgan fingerprint density at radius 1 is 0.200 bits per heavy atom. The molecule has 4 nitrogen and oxygen atoms in total. The first-order valence-corrected chi connectivity index (χ1v) is 27.7. The number of benzene rings is 8. The van der Waals surface area contributed by atoms with E-state index in [4.69, 9.17) is 18.9 Å². The molecule has 0 unspecified atom stereocenters. The van der Waals surface area contributed by atoms with E-state index in [0.29, 0.717) is 93.9 Å². The molecule has 0 atom stereocenters. The van der Waals surface area contributed by atoms with Crippen molar-refractivity contribution in [2.75, 3.05) is 26.4 Å². The van der Waals surface area contributed by atoms with E-state index in [1.165, 1.54) is 92.1 Å². The van der Waals surface area contributed by atoms with E-state index >= 15 is 0 Å². The lowest BCUT2D eigenvalue weighted by molar-refractivity contribution is 0.298. The topological polar surface area (TPSA) is 36.9 Å². The second-order valence-corrected chi connectivity index (χ2v) is 19.6. The standard InChI is InChI=1S/C35H36F4O2.C33H32F4O2/c36-28-14-10-26(11-15-28)32-20-18-30(24-34(32)38)40-22-8-6-4-2-1-3-5-7-9-23-41-31-19-21-33(35(39)25-31)27-12-16-29(37)17-13-27;34-26-12-8-24(9-13-26)30-18-16-28(22-32(30)36)38-20-6-4-2-1-3-5-7-21-39-29-17-19-31(33(37)23-29)25-10-14-27(35)15-11-25/h10-21,24-25H,1-9,22-23H2;8-19,22-23H,1-7,20-21H2. The largest absolute Gasteiger partial charge is 0.493 e. The maximum atomic E-state index is 14.4. The maximum absolute atomic E-state index is 14.4. The summed E-state index contributed by atoms with van der Waals surface area (Å²) in [7, 11) is 0. The summed E-state index contributed by atoms with van der Waals surface area (Å²) in [5, 5.41) is 0. The highest BCUT2D eigenvalue weighted by Crippen LogP contribution is 2.31. The van der Waals surface area contributed by atoms with Crippen LogP contribution in [0, 0.1) is 46.5 Å². The molecule has 12 heteroatoms. The maximum Gasteiger partial charge on any atom is 0.134 e. The van der Waals surface area contributed by atoms with Crippen LogP contribution < -0.4 is 18.9 Å². The number of ether oxygens (including phenoxy) is 4. The van der Waals surface area contributed by atoms with Crippen LogP contribution >= 0.6 is 0 Å². The van der Waals surface area contributed by atoms with Crippen molar-refractivity contribution in [1.82, 2.24) is 0 Å². The summed E-state index contributed by atoms with van der Waals surface area (Å²) >= 11 is 0. The molecular weight excluding hydrogens is 1030 g/mol. The molecular formula is C68H68F8O4. The van der Waals surface area contributed by atoms with Crippen molar-refractivity contribution in [3.8, 4) is 67.5 Å². The first kappa shape index (κ1) is 60.0. The van der Waals surface area contributed by atoms with Gasteiger partial charge in [0.15, 0.2) is 0 Å². The van der Waals surface area contributed by atoms with Gasteiger partial charge in [0, 0.05) is 46.5 Å². The summed E-state index contributed by atoms with van der Waals surface area (Å²) in [4.78, 5) is 0. The van der Waals surface area contributed by atoms with E-state index < -0.39 is 11.6 Å². The van der Waals surface area contributed by atoms with Gasteiger partial charge in [-0.2, -0.15) is 0 Å². The van der Waals surface area contributed by atoms with Crippen molar-refractivity contribution in [3.63, 3.8) is 0 Å². The molecule has 8 aromatic rings. The third-order valence-electron chi connectivity index (χ3n) is 13.5. The van der Waals surface area contributed by atoms with Crippen molar-refractivity contribution < 1.29 is 54.1 Å². The van der Waals surface area contributed by atoms with Gasteiger partial charge >= 0.3 is 0 Å². The van der Waals surface area contributed by atoms with Crippen molar-refractivity contribution in [2.24, 2.45) is 0 Å². The van der Waals surface area contributed by atoms with Gasteiger partial charge in [0.2, 0.25) is 0 Å². The van der Waals surface area contributed by atoms with Crippen LogP contribution in [0.2, 0.25) is 0 Å². The fraction of sp³-hybridized carbons (Fsp3) is 0.294. The molecule has 0 aliphatic heterocycles. The summed E-state index contributed by atoms with van der Waals surface area (Å²) in [6, 6.07) is 42.1. The zero-order valence-electron chi connectivity index (χ0n) is 45.0. The smallest absolute Gasteiger partial charge is 0.134 e. The van der Waals surface area contributed by atoms with E-state index in [0.717, 1.165) is 83.5 Å².